The van der Waals surface area contributed by atoms with Gasteiger partial charge in [0, 0.05) is 18.2 Å². The van der Waals surface area contributed by atoms with Crippen LogP contribution in [0, 0.1) is 5.41 Å². The van der Waals surface area contributed by atoms with Gasteiger partial charge in [0.2, 0.25) is 5.91 Å². The quantitative estimate of drug-likeness (QED) is 0.780. The van der Waals surface area contributed by atoms with E-state index in [1.165, 1.54) is 0 Å². The highest BCUT2D eigenvalue weighted by atomic mass is 35.5. The van der Waals surface area contributed by atoms with Crippen LogP contribution in [0.15, 0.2) is 18.2 Å². The lowest BCUT2D eigenvalue weighted by Crippen LogP contribution is -2.42. The molecule has 0 radical (unpaired) electrons. The van der Waals surface area contributed by atoms with Gasteiger partial charge in [-0.05, 0) is 49.5 Å². The van der Waals surface area contributed by atoms with E-state index in [-0.39, 0.29) is 23.3 Å². The smallest absolute Gasteiger partial charge is 0.253 e. The van der Waals surface area contributed by atoms with E-state index in [0.717, 1.165) is 25.9 Å². The second-order valence-corrected chi connectivity index (χ2v) is 7.89. The Hall–Kier alpha value is -1.59. The topological polar surface area (TPSA) is 70.2 Å². The van der Waals surface area contributed by atoms with Gasteiger partial charge in [0.15, 0.2) is 0 Å². The number of amides is 2. The van der Waals surface area contributed by atoms with Crippen molar-refractivity contribution in [1.29, 1.82) is 0 Å². The number of piperidine rings is 1. The number of nitrogens with one attached hydrogen (secondary N) is 3. The van der Waals surface area contributed by atoms with E-state index in [4.69, 9.17) is 11.6 Å². The zero-order chi connectivity index (χ0) is 17.7. The van der Waals surface area contributed by atoms with Crippen molar-refractivity contribution in [2.24, 2.45) is 5.41 Å². The maximum absolute atomic E-state index is 12.5. The summed E-state index contributed by atoms with van der Waals surface area (Å²) in [6.07, 6.45) is 2.23. The molecule has 132 valence electrons. The number of benzene rings is 1. The summed E-state index contributed by atoms with van der Waals surface area (Å²) in [7, 11) is 0. The van der Waals surface area contributed by atoms with Gasteiger partial charge in [0.25, 0.3) is 5.91 Å². The Labute approximate surface area is 148 Å². The first kappa shape index (κ1) is 18.7. The summed E-state index contributed by atoms with van der Waals surface area (Å²) in [5, 5.41) is 9.50. The van der Waals surface area contributed by atoms with Crippen molar-refractivity contribution in [2.75, 3.05) is 18.4 Å². The van der Waals surface area contributed by atoms with E-state index < -0.39 is 0 Å². The molecule has 1 aliphatic rings. The minimum absolute atomic E-state index is 0.0745. The molecule has 5 nitrogen and oxygen atoms in total. The van der Waals surface area contributed by atoms with Gasteiger partial charge in [-0.15, -0.1) is 0 Å². The summed E-state index contributed by atoms with van der Waals surface area (Å²) < 4.78 is 0. The minimum atomic E-state index is -0.196. The Bertz CT molecular complexity index is 605. The molecule has 1 aromatic rings. The first-order valence-electron chi connectivity index (χ1n) is 8.35. The molecule has 0 saturated carbocycles. The molecule has 1 heterocycles. The highest BCUT2D eigenvalue weighted by molar-refractivity contribution is 6.34. The lowest BCUT2D eigenvalue weighted by Gasteiger charge is -2.24. The lowest BCUT2D eigenvalue weighted by atomic mass is 9.92. The van der Waals surface area contributed by atoms with Gasteiger partial charge in [0.05, 0.1) is 10.6 Å². The van der Waals surface area contributed by atoms with Gasteiger partial charge in [-0.3, -0.25) is 9.59 Å². The molecule has 0 spiro atoms. The lowest BCUT2D eigenvalue weighted by molar-refractivity contribution is -0.117. The van der Waals surface area contributed by atoms with E-state index in [1.807, 2.05) is 20.8 Å². The van der Waals surface area contributed by atoms with Crippen molar-refractivity contribution in [3.8, 4) is 0 Å². The third-order valence-electron chi connectivity index (χ3n) is 3.86. The van der Waals surface area contributed by atoms with Gasteiger partial charge in [-0.2, -0.15) is 0 Å². The number of rotatable bonds is 4. The molecular weight excluding hydrogens is 326 g/mol. The van der Waals surface area contributed by atoms with Gasteiger partial charge >= 0.3 is 0 Å². The molecule has 0 aromatic heterocycles. The summed E-state index contributed by atoms with van der Waals surface area (Å²) in [4.78, 5) is 24.5. The van der Waals surface area contributed by atoms with Crippen molar-refractivity contribution < 1.29 is 9.59 Å². The average molecular weight is 352 g/mol. The molecule has 3 N–H and O–H groups in total. The highest BCUT2D eigenvalue weighted by Gasteiger charge is 2.20. The summed E-state index contributed by atoms with van der Waals surface area (Å²) >= 11 is 6.17. The SMILES string of the molecule is CC(C)(C)CC(=O)Nc1ccc(Cl)c(C(=O)NC2CCNCC2)c1. The third kappa shape index (κ3) is 5.80. The van der Waals surface area contributed by atoms with E-state index in [2.05, 4.69) is 16.0 Å². The largest absolute Gasteiger partial charge is 0.349 e. The minimum Gasteiger partial charge on any atom is -0.349 e. The van der Waals surface area contributed by atoms with E-state index in [0.29, 0.717) is 22.7 Å². The second kappa shape index (κ2) is 7.99. The van der Waals surface area contributed by atoms with Crippen LogP contribution in [0.1, 0.15) is 50.4 Å². The molecule has 2 rings (SSSR count). The van der Waals surface area contributed by atoms with E-state index in [9.17, 15) is 9.59 Å². The third-order valence-corrected chi connectivity index (χ3v) is 4.19. The Balaban J connectivity index is 2.04. The van der Waals surface area contributed by atoms with Crippen LogP contribution in [-0.2, 0) is 4.79 Å². The van der Waals surface area contributed by atoms with Crippen LogP contribution in [-0.4, -0.2) is 30.9 Å². The summed E-state index contributed by atoms with van der Waals surface area (Å²) in [5.74, 6) is -0.270. The molecule has 1 fully saturated rings. The van der Waals surface area contributed by atoms with Crippen LogP contribution >= 0.6 is 11.6 Å². The molecule has 6 heteroatoms. The normalized spacial score (nSPS) is 15.8. The monoisotopic (exact) mass is 351 g/mol. The van der Waals surface area contributed by atoms with Crippen LogP contribution < -0.4 is 16.0 Å². The Morgan fingerprint density at radius 1 is 1.25 bits per heavy atom. The first-order chi connectivity index (χ1) is 11.2. The van der Waals surface area contributed by atoms with Crippen molar-refractivity contribution in [2.45, 2.75) is 46.1 Å². The number of hydrogen-bond donors (Lipinski definition) is 3. The molecule has 0 bridgehead atoms. The Morgan fingerprint density at radius 2 is 1.92 bits per heavy atom. The summed E-state index contributed by atoms with van der Waals surface area (Å²) in [6.45, 7) is 7.83. The van der Waals surface area contributed by atoms with E-state index >= 15 is 0 Å². The molecule has 2 amide bonds. The molecule has 0 aliphatic carbocycles. The predicted molar refractivity (Wildman–Crippen MR) is 97.5 cm³/mol. The molecule has 24 heavy (non-hydrogen) atoms. The van der Waals surface area contributed by atoms with Gasteiger partial charge in [0.1, 0.15) is 0 Å². The fraction of sp³-hybridized carbons (Fsp3) is 0.556. The van der Waals surface area contributed by atoms with Crippen LogP contribution in [0.5, 0.6) is 0 Å². The summed E-state index contributed by atoms with van der Waals surface area (Å²) in [6, 6.07) is 5.16. The predicted octanol–water partition coefficient (Wildman–Crippen LogP) is 3.20. The van der Waals surface area contributed by atoms with Gasteiger partial charge in [-0.25, -0.2) is 0 Å². The highest BCUT2D eigenvalue weighted by Crippen LogP contribution is 2.23. The summed E-state index contributed by atoms with van der Waals surface area (Å²) in [5.41, 5.74) is 0.888. The molecule has 0 unspecified atom stereocenters. The number of halogens is 1. The number of carbonyl (C=O) groups excluding carboxylic acids is 2. The zero-order valence-corrected chi connectivity index (χ0v) is 15.3. The van der Waals surface area contributed by atoms with Crippen molar-refractivity contribution in [3.63, 3.8) is 0 Å². The number of hydrogen-bond acceptors (Lipinski definition) is 3. The van der Waals surface area contributed by atoms with E-state index in [1.54, 1.807) is 18.2 Å². The van der Waals surface area contributed by atoms with Crippen LogP contribution in [0.25, 0.3) is 0 Å². The van der Waals surface area contributed by atoms with Crippen LogP contribution in [0.3, 0.4) is 0 Å². The first-order valence-corrected chi connectivity index (χ1v) is 8.73. The fourth-order valence-corrected chi connectivity index (χ4v) is 2.90. The number of carbonyl (C=O) groups is 2. The van der Waals surface area contributed by atoms with Crippen molar-refractivity contribution in [1.82, 2.24) is 10.6 Å². The van der Waals surface area contributed by atoms with Gasteiger partial charge < -0.3 is 16.0 Å². The zero-order valence-electron chi connectivity index (χ0n) is 14.5. The van der Waals surface area contributed by atoms with Crippen molar-refractivity contribution in [3.05, 3.63) is 28.8 Å². The average Bonchev–Trinajstić information content (AvgIpc) is 2.48. The standard InChI is InChI=1S/C18H26ClN3O2/c1-18(2,3)11-16(23)21-13-4-5-15(19)14(10-13)17(24)22-12-6-8-20-9-7-12/h4-5,10,12,20H,6-9,11H2,1-3H3,(H,21,23)(H,22,24). The molecular formula is C18H26ClN3O2. The maximum Gasteiger partial charge on any atom is 0.253 e. The molecule has 1 aromatic carbocycles. The fourth-order valence-electron chi connectivity index (χ4n) is 2.69. The molecule has 1 saturated heterocycles. The Morgan fingerprint density at radius 3 is 2.54 bits per heavy atom. The Kier molecular flexibility index (Phi) is 6.24. The molecule has 1 aliphatic heterocycles. The maximum atomic E-state index is 12.5. The number of anilines is 1. The van der Waals surface area contributed by atoms with Gasteiger partial charge in [-0.1, -0.05) is 32.4 Å². The van der Waals surface area contributed by atoms with Crippen LogP contribution in [0.2, 0.25) is 5.02 Å². The second-order valence-electron chi connectivity index (χ2n) is 7.48. The van der Waals surface area contributed by atoms with Crippen LogP contribution in [0.4, 0.5) is 5.69 Å². The van der Waals surface area contributed by atoms with Crippen molar-refractivity contribution >= 4 is 29.1 Å². The molecule has 0 atom stereocenters.